The van der Waals surface area contributed by atoms with Gasteiger partial charge < -0.3 is 4.74 Å². The van der Waals surface area contributed by atoms with E-state index in [9.17, 15) is 13.2 Å². The molecule has 0 saturated carbocycles. The first kappa shape index (κ1) is 26.9. The lowest BCUT2D eigenvalue weighted by Crippen LogP contribution is -2.31. The highest BCUT2D eigenvalue weighted by molar-refractivity contribution is 7.92. The van der Waals surface area contributed by atoms with Gasteiger partial charge in [0.2, 0.25) is 0 Å². The minimum atomic E-state index is -3.90. The zero-order chi connectivity index (χ0) is 27.1. The van der Waals surface area contributed by atoms with Gasteiger partial charge in [-0.2, -0.15) is 5.10 Å². The van der Waals surface area contributed by atoms with Crippen molar-refractivity contribution in [3.63, 3.8) is 0 Å². The van der Waals surface area contributed by atoms with Gasteiger partial charge in [0.05, 0.1) is 30.5 Å². The number of methoxy groups -OCH3 is 1. The first-order valence-electron chi connectivity index (χ1n) is 11.7. The van der Waals surface area contributed by atoms with E-state index in [-0.39, 0.29) is 11.4 Å². The molecule has 0 spiro atoms. The predicted octanol–water partition coefficient (Wildman–Crippen LogP) is 5.82. The van der Waals surface area contributed by atoms with Crippen molar-refractivity contribution in [2.75, 3.05) is 11.4 Å². The number of amides is 1. The normalized spacial score (nSPS) is 11.3. The molecule has 0 bridgehead atoms. The Labute approximate surface area is 227 Å². The summed E-state index contributed by atoms with van der Waals surface area (Å²) >= 11 is 6.23. The molecule has 1 N–H and O–H groups in total. The van der Waals surface area contributed by atoms with Crippen LogP contribution in [0.1, 0.15) is 27.0 Å². The van der Waals surface area contributed by atoms with Crippen molar-refractivity contribution >= 4 is 39.4 Å². The number of nitrogens with one attached hydrogen (secondary N) is 1. The molecule has 0 aromatic heterocycles. The van der Waals surface area contributed by atoms with Gasteiger partial charge in [-0.05, 0) is 66.6 Å². The largest absolute Gasteiger partial charge is 0.496 e. The molecule has 9 heteroatoms. The second kappa shape index (κ2) is 11.9. The number of sulfonamides is 1. The van der Waals surface area contributed by atoms with Crippen molar-refractivity contribution < 1.29 is 17.9 Å². The van der Waals surface area contributed by atoms with Crippen LogP contribution in [0.5, 0.6) is 5.75 Å². The fourth-order valence-electron chi connectivity index (χ4n) is 3.80. The molecule has 4 aromatic carbocycles. The maximum Gasteiger partial charge on any atom is 0.271 e. The molecule has 0 aliphatic carbocycles. The van der Waals surface area contributed by atoms with E-state index in [4.69, 9.17) is 16.3 Å². The number of aryl methyl sites for hydroxylation is 1. The zero-order valence-electron chi connectivity index (χ0n) is 20.8. The molecule has 194 valence electrons. The van der Waals surface area contributed by atoms with Gasteiger partial charge in [0, 0.05) is 16.1 Å². The lowest BCUT2D eigenvalue weighted by Gasteiger charge is -2.26. The van der Waals surface area contributed by atoms with E-state index in [1.54, 1.807) is 86.0 Å². The standard InChI is InChI=1S/C29H26ClN3O4S/c1-21-12-17-25(30)18-27(21)33(38(35,36)26-9-4-3-5-10-26)20-22-13-15-23(16-14-22)29(34)32-31-19-24-8-6-7-11-28(24)37-2/h3-19H,20H2,1-2H3,(H,32,34)/b31-19-. The van der Waals surface area contributed by atoms with Crippen LogP contribution in [0.2, 0.25) is 5.02 Å². The van der Waals surface area contributed by atoms with Gasteiger partial charge in [-0.25, -0.2) is 13.8 Å². The summed E-state index contributed by atoms with van der Waals surface area (Å²) < 4.78 is 33.9. The molecular formula is C29H26ClN3O4S. The number of para-hydroxylation sites is 1. The van der Waals surface area contributed by atoms with Crippen LogP contribution in [0.25, 0.3) is 0 Å². The number of hydrogen-bond acceptors (Lipinski definition) is 5. The van der Waals surface area contributed by atoms with Crippen LogP contribution in [0.3, 0.4) is 0 Å². The fraction of sp³-hybridized carbons (Fsp3) is 0.103. The molecule has 38 heavy (non-hydrogen) atoms. The van der Waals surface area contributed by atoms with Crippen molar-refractivity contribution in [2.24, 2.45) is 5.10 Å². The highest BCUT2D eigenvalue weighted by Gasteiger charge is 2.26. The lowest BCUT2D eigenvalue weighted by molar-refractivity contribution is 0.0955. The van der Waals surface area contributed by atoms with Crippen LogP contribution in [0, 0.1) is 6.92 Å². The average Bonchev–Trinajstić information content (AvgIpc) is 2.94. The molecular weight excluding hydrogens is 522 g/mol. The highest BCUT2D eigenvalue weighted by atomic mass is 35.5. The molecule has 0 saturated heterocycles. The van der Waals surface area contributed by atoms with Crippen LogP contribution >= 0.6 is 11.6 Å². The summed E-state index contributed by atoms with van der Waals surface area (Å²) in [6, 6.07) is 27.4. The Hall–Kier alpha value is -4.14. The predicted molar refractivity (Wildman–Crippen MR) is 150 cm³/mol. The quantitative estimate of drug-likeness (QED) is 0.211. The minimum Gasteiger partial charge on any atom is -0.496 e. The first-order valence-corrected chi connectivity index (χ1v) is 13.5. The molecule has 7 nitrogen and oxygen atoms in total. The van der Waals surface area contributed by atoms with Crippen molar-refractivity contribution in [1.29, 1.82) is 0 Å². The molecule has 4 aromatic rings. The zero-order valence-corrected chi connectivity index (χ0v) is 22.4. The maximum absolute atomic E-state index is 13.7. The summed E-state index contributed by atoms with van der Waals surface area (Å²) in [4.78, 5) is 12.8. The van der Waals surface area contributed by atoms with Crippen molar-refractivity contribution in [2.45, 2.75) is 18.4 Å². The number of hydrazone groups is 1. The molecule has 0 unspecified atom stereocenters. The van der Waals surface area contributed by atoms with Crippen molar-refractivity contribution in [1.82, 2.24) is 5.43 Å². The third-order valence-corrected chi connectivity index (χ3v) is 7.83. The minimum absolute atomic E-state index is 0.0479. The number of benzene rings is 4. The summed E-state index contributed by atoms with van der Waals surface area (Å²) in [7, 11) is -2.33. The number of rotatable bonds is 9. The van der Waals surface area contributed by atoms with Gasteiger partial charge in [0.25, 0.3) is 15.9 Å². The van der Waals surface area contributed by atoms with Crippen LogP contribution in [0.4, 0.5) is 5.69 Å². The second-order valence-electron chi connectivity index (χ2n) is 8.39. The number of ether oxygens (including phenoxy) is 1. The topological polar surface area (TPSA) is 88.1 Å². The molecule has 0 radical (unpaired) electrons. The van der Waals surface area contributed by atoms with Crippen LogP contribution in [0.15, 0.2) is 107 Å². The number of nitrogens with zero attached hydrogens (tertiary/aromatic N) is 2. The monoisotopic (exact) mass is 547 g/mol. The fourth-order valence-corrected chi connectivity index (χ4v) is 5.49. The maximum atomic E-state index is 13.7. The molecule has 4 rings (SSSR count). The van der Waals surface area contributed by atoms with E-state index in [2.05, 4.69) is 10.5 Å². The average molecular weight is 548 g/mol. The summed E-state index contributed by atoms with van der Waals surface area (Å²) in [5.74, 6) is 0.238. The van der Waals surface area contributed by atoms with Crippen molar-refractivity contribution in [3.05, 3.63) is 124 Å². The van der Waals surface area contributed by atoms with Gasteiger partial charge in [-0.1, -0.05) is 60.1 Å². The molecule has 0 atom stereocenters. The number of anilines is 1. The van der Waals surface area contributed by atoms with Gasteiger partial charge >= 0.3 is 0 Å². The molecule has 1 amide bonds. The Kier molecular flexibility index (Phi) is 8.45. The van der Waals surface area contributed by atoms with Gasteiger partial charge in [-0.3, -0.25) is 9.10 Å². The third-order valence-electron chi connectivity index (χ3n) is 5.82. The van der Waals surface area contributed by atoms with Gasteiger partial charge in [0.1, 0.15) is 5.75 Å². The summed E-state index contributed by atoms with van der Waals surface area (Å²) in [6.45, 7) is 1.88. The van der Waals surface area contributed by atoms with E-state index in [0.29, 0.717) is 27.6 Å². The number of hydrogen-bond donors (Lipinski definition) is 1. The Balaban J connectivity index is 1.55. The molecule has 0 aliphatic rings. The van der Waals surface area contributed by atoms with E-state index < -0.39 is 15.9 Å². The Morgan fingerprint density at radius 1 is 0.974 bits per heavy atom. The Bertz CT molecular complexity index is 1560. The first-order chi connectivity index (χ1) is 18.3. The summed E-state index contributed by atoms with van der Waals surface area (Å²) in [6.07, 6.45) is 1.50. The summed E-state index contributed by atoms with van der Waals surface area (Å²) in [5.41, 5.74) is 5.53. The Morgan fingerprint density at radius 2 is 1.66 bits per heavy atom. The second-order valence-corrected chi connectivity index (χ2v) is 10.7. The van der Waals surface area contributed by atoms with Crippen molar-refractivity contribution in [3.8, 4) is 5.75 Å². The van der Waals surface area contributed by atoms with Crippen LogP contribution < -0.4 is 14.5 Å². The van der Waals surface area contributed by atoms with E-state index in [0.717, 1.165) is 11.1 Å². The van der Waals surface area contributed by atoms with E-state index in [1.807, 2.05) is 25.1 Å². The van der Waals surface area contributed by atoms with Crippen LogP contribution in [-0.4, -0.2) is 27.6 Å². The highest BCUT2D eigenvalue weighted by Crippen LogP contribution is 2.31. The number of carbonyl (C=O) groups is 1. The number of halogens is 1. The molecule has 0 aliphatic heterocycles. The molecule has 0 fully saturated rings. The van der Waals surface area contributed by atoms with Crippen LogP contribution in [-0.2, 0) is 16.6 Å². The summed E-state index contributed by atoms with van der Waals surface area (Å²) in [5, 5.41) is 4.45. The van der Waals surface area contributed by atoms with Gasteiger partial charge in [-0.15, -0.1) is 0 Å². The smallest absolute Gasteiger partial charge is 0.271 e. The van der Waals surface area contributed by atoms with Gasteiger partial charge in [0.15, 0.2) is 0 Å². The van der Waals surface area contributed by atoms with E-state index >= 15 is 0 Å². The molecule has 0 heterocycles. The lowest BCUT2D eigenvalue weighted by atomic mass is 10.1. The number of carbonyl (C=O) groups excluding carboxylic acids is 1. The Morgan fingerprint density at radius 3 is 2.37 bits per heavy atom. The SMILES string of the molecule is COc1ccccc1/C=N\NC(=O)c1ccc(CN(c2cc(Cl)ccc2C)S(=O)(=O)c2ccccc2)cc1. The third kappa shape index (κ3) is 6.22. The van der Waals surface area contributed by atoms with E-state index in [1.165, 1.54) is 10.5 Å².